The van der Waals surface area contributed by atoms with Crippen LogP contribution in [-0.2, 0) is 0 Å². The van der Waals surface area contributed by atoms with Gasteiger partial charge in [-0.05, 0) is 22.0 Å². The van der Waals surface area contributed by atoms with Crippen LogP contribution in [0, 0.1) is 11.3 Å². The van der Waals surface area contributed by atoms with Gasteiger partial charge in [-0.3, -0.25) is 4.98 Å². The zero-order valence-corrected chi connectivity index (χ0v) is 9.25. The number of hydrogen-bond acceptors (Lipinski definition) is 3. The molecule has 0 saturated carbocycles. The van der Waals surface area contributed by atoms with Gasteiger partial charge in [0.05, 0.1) is 4.60 Å². The van der Waals surface area contributed by atoms with Crippen LogP contribution in [-0.4, -0.2) is 9.97 Å². The summed E-state index contributed by atoms with van der Waals surface area (Å²) in [6, 6.07) is 5.76. The molecule has 15 heavy (non-hydrogen) atoms. The van der Waals surface area contributed by atoms with Crippen molar-refractivity contribution in [3.05, 3.63) is 34.7 Å². The quantitative estimate of drug-likeness (QED) is 0.828. The first-order chi connectivity index (χ1) is 7.24. The molecule has 0 radical (unpaired) electrons. The molecule has 0 aliphatic carbocycles. The van der Waals surface area contributed by atoms with Crippen molar-refractivity contribution in [3.63, 3.8) is 0 Å². The van der Waals surface area contributed by atoms with E-state index in [0.717, 1.165) is 11.1 Å². The molecule has 0 aliphatic rings. The summed E-state index contributed by atoms with van der Waals surface area (Å²) < 4.78 is 0.699. The lowest BCUT2D eigenvalue weighted by molar-refractivity contribution is 1.32. The van der Waals surface area contributed by atoms with E-state index >= 15 is 0 Å². The molecule has 0 aliphatic heterocycles. The predicted molar refractivity (Wildman–Crippen MR) is 60.9 cm³/mol. The van der Waals surface area contributed by atoms with Crippen molar-refractivity contribution in [1.82, 2.24) is 9.97 Å². The number of nitrogens with zero attached hydrogens (tertiary/aromatic N) is 2. The van der Waals surface area contributed by atoms with Crippen molar-refractivity contribution in [1.29, 1.82) is 5.26 Å². The van der Waals surface area contributed by atoms with Crippen molar-refractivity contribution in [3.8, 4) is 17.2 Å². The van der Waals surface area contributed by atoms with Crippen LogP contribution in [0.25, 0.3) is 11.1 Å². The van der Waals surface area contributed by atoms with Gasteiger partial charge in [0, 0.05) is 23.5 Å². The third kappa shape index (κ3) is 1.60. The van der Waals surface area contributed by atoms with E-state index in [-0.39, 0.29) is 0 Å². The lowest BCUT2D eigenvalue weighted by Gasteiger charge is -1.98. The van der Waals surface area contributed by atoms with E-state index in [0.29, 0.717) is 16.0 Å². The van der Waals surface area contributed by atoms with Crippen LogP contribution >= 0.6 is 15.9 Å². The second-order valence-electron chi connectivity index (χ2n) is 2.96. The molecule has 2 heterocycles. The number of aromatic amines is 1. The van der Waals surface area contributed by atoms with E-state index in [1.165, 1.54) is 0 Å². The second-order valence-corrected chi connectivity index (χ2v) is 3.75. The largest absolute Gasteiger partial charge is 0.384 e. The SMILES string of the molecule is N#Cc1c(N)[nH]c(Br)c1-c1cccnc1. The highest BCUT2D eigenvalue weighted by Gasteiger charge is 2.15. The maximum absolute atomic E-state index is 8.98. The molecule has 3 N–H and O–H groups in total. The summed E-state index contributed by atoms with van der Waals surface area (Å²) in [5, 5.41) is 8.98. The fraction of sp³-hybridized carbons (Fsp3) is 0. The van der Waals surface area contributed by atoms with Crippen LogP contribution in [0.15, 0.2) is 29.1 Å². The summed E-state index contributed by atoms with van der Waals surface area (Å²) in [5.41, 5.74) is 7.71. The Hall–Kier alpha value is -1.80. The van der Waals surface area contributed by atoms with Crippen molar-refractivity contribution in [2.75, 3.05) is 5.73 Å². The first-order valence-electron chi connectivity index (χ1n) is 4.21. The summed E-state index contributed by atoms with van der Waals surface area (Å²) in [4.78, 5) is 6.87. The van der Waals surface area contributed by atoms with Gasteiger partial charge in [0.2, 0.25) is 0 Å². The molecule has 2 rings (SSSR count). The number of nitrogens with one attached hydrogen (secondary N) is 1. The van der Waals surface area contributed by atoms with E-state index in [1.54, 1.807) is 12.4 Å². The topological polar surface area (TPSA) is 78.5 Å². The minimum atomic E-state index is 0.364. The first kappa shape index (κ1) is 9.74. The Morgan fingerprint density at radius 3 is 2.93 bits per heavy atom. The maximum atomic E-state index is 8.98. The van der Waals surface area contributed by atoms with Crippen molar-refractivity contribution >= 4 is 21.7 Å². The first-order valence-corrected chi connectivity index (χ1v) is 5.00. The van der Waals surface area contributed by atoms with Gasteiger partial charge in [-0.2, -0.15) is 5.26 Å². The van der Waals surface area contributed by atoms with Gasteiger partial charge < -0.3 is 10.7 Å². The summed E-state index contributed by atoms with van der Waals surface area (Å²) in [6.07, 6.45) is 3.37. The highest BCUT2D eigenvalue weighted by molar-refractivity contribution is 9.10. The molecule has 0 fully saturated rings. The number of nitrogen functional groups attached to an aromatic ring is 1. The standard InChI is InChI=1S/C10H7BrN4/c11-9-8(6-2-1-3-14-5-6)7(4-12)10(13)15-9/h1-3,5,15H,13H2. The van der Waals surface area contributed by atoms with Crippen molar-refractivity contribution < 1.29 is 0 Å². The zero-order chi connectivity index (χ0) is 10.8. The Morgan fingerprint density at radius 2 is 2.33 bits per heavy atom. The van der Waals surface area contributed by atoms with Crippen LogP contribution < -0.4 is 5.73 Å². The smallest absolute Gasteiger partial charge is 0.120 e. The van der Waals surface area contributed by atoms with E-state index in [4.69, 9.17) is 11.0 Å². The number of halogens is 1. The van der Waals surface area contributed by atoms with E-state index in [2.05, 4.69) is 32.0 Å². The molecule has 0 saturated heterocycles. The van der Waals surface area contributed by atoms with Crippen LogP contribution in [0.4, 0.5) is 5.82 Å². The van der Waals surface area contributed by atoms with E-state index in [9.17, 15) is 0 Å². The molecular formula is C10H7BrN4. The Labute approximate surface area is 94.9 Å². The summed E-state index contributed by atoms with van der Waals surface area (Å²) >= 11 is 3.33. The minimum Gasteiger partial charge on any atom is -0.384 e. The fourth-order valence-electron chi connectivity index (χ4n) is 1.39. The number of hydrogen-bond donors (Lipinski definition) is 2. The Kier molecular flexibility index (Phi) is 2.44. The molecule has 0 unspecified atom stereocenters. The average molecular weight is 263 g/mol. The fourth-order valence-corrected chi connectivity index (χ4v) is 2.03. The van der Waals surface area contributed by atoms with Gasteiger partial charge in [-0.1, -0.05) is 6.07 Å². The molecule has 0 spiro atoms. The third-order valence-corrected chi connectivity index (χ3v) is 2.64. The number of aromatic nitrogens is 2. The zero-order valence-electron chi connectivity index (χ0n) is 7.66. The number of H-pyrrole nitrogens is 1. The lowest BCUT2D eigenvalue weighted by atomic mass is 10.1. The van der Waals surface area contributed by atoms with Gasteiger partial charge in [0.1, 0.15) is 17.5 Å². The van der Waals surface area contributed by atoms with Crippen LogP contribution in [0.3, 0.4) is 0 Å². The van der Waals surface area contributed by atoms with Gasteiger partial charge in [0.25, 0.3) is 0 Å². The number of rotatable bonds is 1. The molecule has 0 bridgehead atoms. The van der Waals surface area contributed by atoms with Crippen LogP contribution in [0.5, 0.6) is 0 Å². The minimum absolute atomic E-state index is 0.364. The third-order valence-electron chi connectivity index (χ3n) is 2.05. The van der Waals surface area contributed by atoms with Gasteiger partial charge in [0.15, 0.2) is 0 Å². The lowest BCUT2D eigenvalue weighted by Crippen LogP contribution is -1.87. The Bertz CT molecular complexity index is 524. The molecule has 2 aromatic heterocycles. The maximum Gasteiger partial charge on any atom is 0.120 e. The molecule has 0 amide bonds. The normalized spacial score (nSPS) is 9.87. The van der Waals surface area contributed by atoms with E-state index < -0.39 is 0 Å². The predicted octanol–water partition coefficient (Wildman–Crippen LogP) is 2.29. The molecule has 5 heteroatoms. The number of nitriles is 1. The molecule has 4 nitrogen and oxygen atoms in total. The number of anilines is 1. The number of nitrogens with two attached hydrogens (primary N) is 1. The second kappa shape index (κ2) is 3.75. The molecule has 74 valence electrons. The highest BCUT2D eigenvalue weighted by Crippen LogP contribution is 2.33. The summed E-state index contributed by atoms with van der Waals surface area (Å²) in [6.45, 7) is 0. The molecule has 2 aromatic rings. The highest BCUT2D eigenvalue weighted by atomic mass is 79.9. The van der Waals surface area contributed by atoms with Crippen LogP contribution in [0.1, 0.15) is 5.56 Å². The van der Waals surface area contributed by atoms with Crippen molar-refractivity contribution in [2.24, 2.45) is 0 Å². The van der Waals surface area contributed by atoms with Crippen molar-refractivity contribution in [2.45, 2.75) is 0 Å². The summed E-state index contributed by atoms with van der Waals surface area (Å²) in [5.74, 6) is 0.364. The Balaban J connectivity index is 2.69. The average Bonchev–Trinajstić information content (AvgIpc) is 2.54. The monoisotopic (exact) mass is 262 g/mol. The van der Waals surface area contributed by atoms with Gasteiger partial charge >= 0.3 is 0 Å². The molecular weight excluding hydrogens is 256 g/mol. The Morgan fingerprint density at radius 1 is 1.53 bits per heavy atom. The molecule has 0 atom stereocenters. The summed E-state index contributed by atoms with van der Waals surface area (Å²) in [7, 11) is 0. The van der Waals surface area contributed by atoms with Gasteiger partial charge in [-0.25, -0.2) is 0 Å². The van der Waals surface area contributed by atoms with Crippen LogP contribution in [0.2, 0.25) is 0 Å². The molecule has 0 aromatic carbocycles. The number of pyridine rings is 1. The van der Waals surface area contributed by atoms with Gasteiger partial charge in [-0.15, -0.1) is 0 Å². The van der Waals surface area contributed by atoms with E-state index in [1.807, 2.05) is 12.1 Å².